The number of hydrogen-bond donors (Lipinski definition) is 0. The summed E-state index contributed by atoms with van der Waals surface area (Å²) >= 11 is 1.73. The van der Waals surface area contributed by atoms with Crippen LogP contribution in [-0.4, -0.2) is 41.1 Å². The van der Waals surface area contributed by atoms with Gasteiger partial charge in [-0.1, -0.05) is 12.1 Å². The Balaban J connectivity index is 1.52. The summed E-state index contributed by atoms with van der Waals surface area (Å²) in [5.41, 5.74) is 1.06. The maximum atomic E-state index is 12.4. The Morgan fingerprint density at radius 1 is 1.41 bits per heavy atom. The molecule has 0 N–H and O–H groups in total. The predicted molar refractivity (Wildman–Crippen MR) is 89.1 cm³/mol. The lowest BCUT2D eigenvalue weighted by molar-refractivity contribution is -0.143. The minimum Gasteiger partial charge on any atom is -0.375 e. The number of aryl methyl sites for hydroxylation is 1. The summed E-state index contributed by atoms with van der Waals surface area (Å²) < 4.78 is 6.80. The standard InChI is InChI=1S/C17H22N2O2S/c1-12-11-21-13(2)10-19(12)17(20)9-5-8-16-18-14-6-3-4-7-15(14)22-16/h3-4,6-7,12-13H,5,8-11H2,1-2H3/t12-,13+/m0/s1. The van der Waals surface area contributed by atoms with Gasteiger partial charge in [-0.25, -0.2) is 4.98 Å². The molecule has 22 heavy (non-hydrogen) atoms. The van der Waals surface area contributed by atoms with Gasteiger partial charge in [-0.3, -0.25) is 4.79 Å². The predicted octanol–water partition coefficient (Wildman–Crippen LogP) is 3.25. The van der Waals surface area contributed by atoms with Crippen LogP contribution in [0.4, 0.5) is 0 Å². The highest BCUT2D eigenvalue weighted by molar-refractivity contribution is 7.18. The van der Waals surface area contributed by atoms with E-state index >= 15 is 0 Å². The van der Waals surface area contributed by atoms with Crippen molar-refractivity contribution in [3.63, 3.8) is 0 Å². The number of ether oxygens (including phenoxy) is 1. The van der Waals surface area contributed by atoms with Crippen molar-refractivity contribution in [3.05, 3.63) is 29.3 Å². The molecular weight excluding hydrogens is 296 g/mol. The van der Waals surface area contributed by atoms with Crippen LogP contribution in [0.1, 0.15) is 31.7 Å². The van der Waals surface area contributed by atoms with Gasteiger partial charge in [-0.15, -0.1) is 11.3 Å². The van der Waals surface area contributed by atoms with Gasteiger partial charge in [-0.05, 0) is 38.8 Å². The minimum atomic E-state index is 0.143. The number of thiazole rings is 1. The zero-order valence-electron chi connectivity index (χ0n) is 13.1. The van der Waals surface area contributed by atoms with Crippen molar-refractivity contribution in [3.8, 4) is 0 Å². The summed E-state index contributed by atoms with van der Waals surface area (Å²) in [6, 6.07) is 8.37. The van der Waals surface area contributed by atoms with Crippen LogP contribution in [0, 0.1) is 0 Å². The number of carbonyl (C=O) groups is 1. The molecule has 118 valence electrons. The van der Waals surface area contributed by atoms with Gasteiger partial charge in [0.1, 0.15) is 0 Å². The fraction of sp³-hybridized carbons (Fsp3) is 0.529. The zero-order chi connectivity index (χ0) is 15.5. The van der Waals surface area contributed by atoms with Crippen molar-refractivity contribution in [1.82, 2.24) is 9.88 Å². The number of nitrogens with zero attached hydrogens (tertiary/aromatic N) is 2. The molecule has 2 heterocycles. The molecule has 1 amide bonds. The minimum absolute atomic E-state index is 0.143. The molecule has 4 nitrogen and oxygen atoms in total. The highest BCUT2D eigenvalue weighted by Crippen LogP contribution is 2.23. The monoisotopic (exact) mass is 318 g/mol. The molecular formula is C17H22N2O2S. The molecule has 2 atom stereocenters. The molecule has 0 aliphatic carbocycles. The third-order valence-corrected chi connectivity index (χ3v) is 5.14. The van der Waals surface area contributed by atoms with E-state index in [1.54, 1.807) is 11.3 Å². The van der Waals surface area contributed by atoms with E-state index in [4.69, 9.17) is 4.74 Å². The quantitative estimate of drug-likeness (QED) is 0.869. The Bertz CT molecular complexity index is 622. The zero-order valence-corrected chi connectivity index (χ0v) is 13.9. The lowest BCUT2D eigenvalue weighted by atomic mass is 10.1. The molecule has 0 saturated carbocycles. The van der Waals surface area contributed by atoms with E-state index in [1.807, 2.05) is 30.0 Å². The normalized spacial score (nSPS) is 22.2. The number of benzene rings is 1. The topological polar surface area (TPSA) is 42.4 Å². The first-order valence-electron chi connectivity index (χ1n) is 7.89. The first-order valence-corrected chi connectivity index (χ1v) is 8.70. The van der Waals surface area contributed by atoms with Gasteiger partial charge in [0.25, 0.3) is 0 Å². The van der Waals surface area contributed by atoms with Crippen molar-refractivity contribution in [2.45, 2.75) is 45.3 Å². The van der Waals surface area contributed by atoms with Crippen LogP contribution < -0.4 is 0 Å². The molecule has 1 aromatic carbocycles. The molecule has 1 aliphatic rings. The summed E-state index contributed by atoms with van der Waals surface area (Å²) in [5, 5.41) is 1.12. The van der Waals surface area contributed by atoms with E-state index in [2.05, 4.69) is 18.0 Å². The largest absolute Gasteiger partial charge is 0.375 e. The Morgan fingerprint density at radius 2 is 2.23 bits per heavy atom. The molecule has 0 spiro atoms. The number of carbonyl (C=O) groups excluding carboxylic acids is 1. The molecule has 1 aliphatic heterocycles. The fourth-order valence-electron chi connectivity index (χ4n) is 2.81. The number of fused-ring (bicyclic) bond motifs is 1. The van der Waals surface area contributed by atoms with Gasteiger partial charge in [0.05, 0.1) is 34.0 Å². The van der Waals surface area contributed by atoms with Crippen LogP contribution in [0.15, 0.2) is 24.3 Å². The van der Waals surface area contributed by atoms with Crippen LogP contribution in [0.3, 0.4) is 0 Å². The summed E-state index contributed by atoms with van der Waals surface area (Å²) in [7, 11) is 0. The molecule has 1 aromatic heterocycles. The van der Waals surface area contributed by atoms with Crippen molar-refractivity contribution >= 4 is 27.5 Å². The Labute approximate surface area is 135 Å². The Hall–Kier alpha value is -1.46. The van der Waals surface area contributed by atoms with Gasteiger partial charge in [0.15, 0.2) is 0 Å². The van der Waals surface area contributed by atoms with E-state index < -0.39 is 0 Å². The first-order chi connectivity index (χ1) is 10.6. The second-order valence-corrected chi connectivity index (χ2v) is 7.08. The van der Waals surface area contributed by atoms with Crippen LogP contribution in [0.25, 0.3) is 10.2 Å². The van der Waals surface area contributed by atoms with Gasteiger partial charge in [0, 0.05) is 13.0 Å². The Morgan fingerprint density at radius 3 is 3.05 bits per heavy atom. The van der Waals surface area contributed by atoms with Crippen LogP contribution >= 0.6 is 11.3 Å². The number of rotatable bonds is 4. The summed E-state index contributed by atoms with van der Waals surface area (Å²) in [5.74, 6) is 0.240. The SMILES string of the molecule is C[C@@H]1CN(C(=O)CCCc2nc3ccccc3s2)[C@@H](C)CO1. The first kappa shape index (κ1) is 15.4. The number of morpholine rings is 1. The van der Waals surface area contributed by atoms with Crippen molar-refractivity contribution < 1.29 is 9.53 Å². The third kappa shape index (κ3) is 3.47. The number of amides is 1. The van der Waals surface area contributed by atoms with Crippen LogP contribution in [0.2, 0.25) is 0 Å². The van der Waals surface area contributed by atoms with E-state index in [0.717, 1.165) is 23.4 Å². The van der Waals surface area contributed by atoms with Gasteiger partial charge < -0.3 is 9.64 Å². The molecule has 2 aromatic rings. The second kappa shape index (κ2) is 6.75. The average molecular weight is 318 g/mol. The number of para-hydroxylation sites is 1. The number of hydrogen-bond acceptors (Lipinski definition) is 4. The molecule has 1 saturated heterocycles. The van der Waals surface area contributed by atoms with Gasteiger partial charge in [0.2, 0.25) is 5.91 Å². The average Bonchev–Trinajstić information content (AvgIpc) is 2.92. The van der Waals surface area contributed by atoms with E-state index in [0.29, 0.717) is 19.6 Å². The van der Waals surface area contributed by atoms with Crippen molar-refractivity contribution in [2.24, 2.45) is 0 Å². The third-order valence-electron chi connectivity index (χ3n) is 4.05. The molecule has 5 heteroatoms. The fourth-order valence-corrected chi connectivity index (χ4v) is 3.82. The van der Waals surface area contributed by atoms with Crippen LogP contribution in [-0.2, 0) is 16.0 Å². The number of aromatic nitrogens is 1. The summed E-state index contributed by atoms with van der Waals surface area (Å²) in [6.07, 6.45) is 2.47. The van der Waals surface area contributed by atoms with Gasteiger partial charge >= 0.3 is 0 Å². The molecule has 3 rings (SSSR count). The highest BCUT2D eigenvalue weighted by Gasteiger charge is 2.26. The van der Waals surface area contributed by atoms with Crippen molar-refractivity contribution in [1.29, 1.82) is 0 Å². The van der Waals surface area contributed by atoms with Gasteiger partial charge in [-0.2, -0.15) is 0 Å². The summed E-state index contributed by atoms with van der Waals surface area (Å²) in [6.45, 7) is 5.43. The Kier molecular flexibility index (Phi) is 4.74. The molecule has 0 bridgehead atoms. The maximum Gasteiger partial charge on any atom is 0.222 e. The van der Waals surface area contributed by atoms with Crippen LogP contribution in [0.5, 0.6) is 0 Å². The molecule has 0 radical (unpaired) electrons. The van der Waals surface area contributed by atoms with E-state index in [1.165, 1.54) is 4.70 Å². The smallest absolute Gasteiger partial charge is 0.222 e. The van der Waals surface area contributed by atoms with Crippen molar-refractivity contribution in [2.75, 3.05) is 13.2 Å². The molecule has 0 unspecified atom stereocenters. The lowest BCUT2D eigenvalue weighted by Crippen LogP contribution is -2.50. The van der Waals surface area contributed by atoms with E-state index in [-0.39, 0.29) is 18.1 Å². The van der Waals surface area contributed by atoms with E-state index in [9.17, 15) is 4.79 Å². The lowest BCUT2D eigenvalue weighted by Gasteiger charge is -2.36. The second-order valence-electron chi connectivity index (χ2n) is 5.97. The highest BCUT2D eigenvalue weighted by atomic mass is 32.1. The molecule has 1 fully saturated rings. The summed E-state index contributed by atoms with van der Waals surface area (Å²) in [4.78, 5) is 19.0. The maximum absolute atomic E-state index is 12.4.